The Bertz CT molecular complexity index is 1450. The Morgan fingerprint density at radius 2 is 1.17 bits per heavy atom. The van der Waals surface area contributed by atoms with Crippen molar-refractivity contribution in [2.75, 3.05) is 5.32 Å². The van der Waals surface area contributed by atoms with Crippen molar-refractivity contribution in [1.29, 1.82) is 0 Å². The van der Waals surface area contributed by atoms with Gasteiger partial charge in [0.25, 0.3) is 0 Å². The Balaban J connectivity index is 1.61. The molecule has 298 valence electrons. The molecule has 2 N–H and O–H groups in total. The van der Waals surface area contributed by atoms with Crippen LogP contribution in [0.4, 0.5) is 5.69 Å². The molecule has 1 aromatic rings. The topological polar surface area (TPSA) is 121 Å². The monoisotopic (exact) mass is 743 g/mol. The highest BCUT2D eigenvalue weighted by molar-refractivity contribution is 6.41. The Morgan fingerprint density at radius 3 is 1.63 bits per heavy atom. The summed E-state index contributed by atoms with van der Waals surface area (Å²) >= 11 is 0. The number of aliphatic imine (C=N–C) groups is 2. The van der Waals surface area contributed by atoms with Gasteiger partial charge < -0.3 is 10.4 Å². The molecular weight excluding hydrogens is 673 g/mol. The van der Waals surface area contributed by atoms with Crippen LogP contribution in [0, 0.1) is 11.8 Å². The van der Waals surface area contributed by atoms with Crippen molar-refractivity contribution in [3.63, 3.8) is 0 Å². The van der Waals surface area contributed by atoms with Crippen molar-refractivity contribution in [2.24, 2.45) is 21.8 Å². The van der Waals surface area contributed by atoms with Crippen molar-refractivity contribution in [1.82, 2.24) is 4.98 Å². The molecule has 0 saturated heterocycles. The van der Waals surface area contributed by atoms with Crippen LogP contribution in [0.1, 0.15) is 187 Å². The first-order valence-corrected chi connectivity index (χ1v) is 21.7. The number of carbonyl (C=O) groups is 3. The van der Waals surface area contributed by atoms with Gasteiger partial charge in [-0.3, -0.25) is 24.4 Å². The smallest absolute Gasteiger partial charge is 0.249 e. The van der Waals surface area contributed by atoms with Gasteiger partial charge in [-0.15, -0.1) is 0 Å². The van der Waals surface area contributed by atoms with E-state index in [0.717, 1.165) is 83.5 Å². The zero-order valence-corrected chi connectivity index (χ0v) is 34.1. The first-order valence-electron chi connectivity index (χ1n) is 21.7. The van der Waals surface area contributed by atoms with Gasteiger partial charge >= 0.3 is 0 Å². The van der Waals surface area contributed by atoms with Gasteiger partial charge in [0.1, 0.15) is 5.76 Å². The average Bonchev–Trinajstić information content (AvgIpc) is 3.17. The summed E-state index contributed by atoms with van der Waals surface area (Å²) in [5, 5.41) is 14.0. The molecule has 0 spiro atoms. The van der Waals surface area contributed by atoms with Crippen LogP contribution in [0.3, 0.4) is 0 Å². The van der Waals surface area contributed by atoms with Gasteiger partial charge in [-0.1, -0.05) is 156 Å². The highest BCUT2D eigenvalue weighted by Crippen LogP contribution is 2.38. The number of anilines is 1. The summed E-state index contributed by atoms with van der Waals surface area (Å²) < 4.78 is 0. The number of amides is 2. The Hall–Kier alpha value is -3.68. The third kappa shape index (κ3) is 15.2. The highest BCUT2D eigenvalue weighted by Gasteiger charge is 2.38. The number of aliphatic hydroxyl groups is 1. The summed E-state index contributed by atoms with van der Waals surface area (Å²) in [4.78, 5) is 53.1. The van der Waals surface area contributed by atoms with E-state index in [2.05, 4.69) is 48.0 Å². The van der Waals surface area contributed by atoms with Crippen molar-refractivity contribution >= 4 is 40.8 Å². The van der Waals surface area contributed by atoms with Crippen LogP contribution >= 0.6 is 0 Å². The van der Waals surface area contributed by atoms with Crippen LogP contribution in [0.25, 0.3) is 5.57 Å². The number of dihydropyridines is 1. The first kappa shape index (κ1) is 44.7. The zero-order chi connectivity index (χ0) is 39.0. The minimum atomic E-state index is -0.345. The summed E-state index contributed by atoms with van der Waals surface area (Å²) in [6, 6.07) is 3.39. The standard InChI is InChI=1S/C46H70N4O4/c1-5-9-13-17-19-23-27-35(25-21-15-11-7-3)45(53)49-37-29-31-39(47-33-37)41-43(51)42(44(41)52)40-32-30-38(34-48-40)50-46(54)36(26-22-16-12-8-4)28-24-20-18-14-10-6-2/h29-36,51H,5-28H2,1-4H3,(H,49,53)/b42-40+,50-38?. The summed E-state index contributed by atoms with van der Waals surface area (Å²) in [7, 11) is 0. The Labute approximate surface area is 326 Å². The van der Waals surface area contributed by atoms with Gasteiger partial charge in [0.15, 0.2) is 0 Å². The lowest BCUT2D eigenvalue weighted by atomic mass is 9.84. The van der Waals surface area contributed by atoms with Gasteiger partial charge in [0.05, 0.1) is 46.3 Å². The molecule has 0 saturated carbocycles. The van der Waals surface area contributed by atoms with Crippen LogP contribution in [0.15, 0.2) is 57.5 Å². The number of pyridine rings is 1. The third-order valence-electron chi connectivity index (χ3n) is 10.8. The lowest BCUT2D eigenvalue weighted by molar-refractivity contribution is -0.122. The molecule has 2 atom stereocenters. The fraction of sp³-hybridized carbons (Fsp3) is 0.652. The van der Waals surface area contributed by atoms with E-state index in [1.165, 1.54) is 76.8 Å². The summed E-state index contributed by atoms with van der Waals surface area (Å²) in [6.07, 6.45) is 33.3. The molecule has 1 aliphatic heterocycles. The second-order valence-electron chi connectivity index (χ2n) is 15.4. The molecule has 0 aromatic carbocycles. The van der Waals surface area contributed by atoms with Crippen LogP contribution in [0.5, 0.6) is 0 Å². The molecule has 0 fully saturated rings. The van der Waals surface area contributed by atoms with Crippen LogP contribution in [-0.2, 0) is 14.4 Å². The molecule has 54 heavy (non-hydrogen) atoms. The number of hydrogen-bond acceptors (Lipinski definition) is 6. The molecular formula is C46H70N4O4. The van der Waals surface area contributed by atoms with Crippen molar-refractivity contribution in [3.05, 3.63) is 53.2 Å². The fourth-order valence-corrected chi connectivity index (χ4v) is 7.33. The van der Waals surface area contributed by atoms with E-state index < -0.39 is 0 Å². The summed E-state index contributed by atoms with van der Waals surface area (Å²) in [5.74, 6) is -0.693. The number of unbranched alkanes of at least 4 members (excludes halogenated alkanes) is 16. The molecule has 3 rings (SSSR count). The minimum absolute atomic E-state index is 0.0234. The maximum atomic E-state index is 13.3. The van der Waals surface area contributed by atoms with Crippen LogP contribution < -0.4 is 5.32 Å². The van der Waals surface area contributed by atoms with Gasteiger partial charge in [0, 0.05) is 11.8 Å². The molecule has 2 amide bonds. The molecule has 0 radical (unpaired) electrons. The molecule has 1 aliphatic carbocycles. The number of nitrogens with one attached hydrogen (secondary N) is 1. The maximum Gasteiger partial charge on any atom is 0.249 e. The van der Waals surface area contributed by atoms with Gasteiger partial charge in [-0.25, -0.2) is 4.99 Å². The van der Waals surface area contributed by atoms with E-state index in [-0.39, 0.29) is 46.3 Å². The molecule has 8 heteroatoms. The number of Topliss-reactive ketones (excluding diaryl/α,β-unsaturated/α-hetero) is 1. The largest absolute Gasteiger partial charge is 0.506 e. The molecule has 0 bridgehead atoms. The average molecular weight is 743 g/mol. The SMILES string of the molecule is CCCCCCCCC(CCCCCC)C(=O)N=C1C=C/C(=C2\C(=O)C(c3ccc(NC(=O)C(CCCCCC)CCCCCCCC)cn3)=C2O)N=C1. The molecule has 2 unspecified atom stereocenters. The van der Waals surface area contributed by atoms with Gasteiger partial charge in [-0.2, -0.15) is 0 Å². The number of ketones is 1. The summed E-state index contributed by atoms with van der Waals surface area (Å²) in [5.41, 5.74) is 1.96. The summed E-state index contributed by atoms with van der Waals surface area (Å²) in [6.45, 7) is 8.83. The molecule has 2 aliphatic rings. The van der Waals surface area contributed by atoms with E-state index in [0.29, 0.717) is 22.8 Å². The van der Waals surface area contributed by atoms with Crippen LogP contribution in [-0.4, -0.2) is 39.6 Å². The van der Waals surface area contributed by atoms with E-state index >= 15 is 0 Å². The van der Waals surface area contributed by atoms with Gasteiger partial charge in [-0.05, 0) is 50.0 Å². The zero-order valence-electron chi connectivity index (χ0n) is 34.1. The van der Waals surface area contributed by atoms with E-state index in [1.807, 2.05) is 0 Å². The predicted octanol–water partition coefficient (Wildman–Crippen LogP) is 12.4. The number of rotatable bonds is 28. The number of aromatic nitrogens is 1. The maximum absolute atomic E-state index is 13.3. The predicted molar refractivity (Wildman–Crippen MR) is 225 cm³/mol. The second-order valence-corrected chi connectivity index (χ2v) is 15.4. The normalized spacial score (nSPS) is 17.3. The number of hydrogen-bond donors (Lipinski definition) is 2. The first-order chi connectivity index (χ1) is 26.3. The van der Waals surface area contributed by atoms with E-state index in [4.69, 9.17) is 0 Å². The molecule has 1 aromatic heterocycles. The second kappa shape index (κ2) is 26.2. The molecule has 8 nitrogen and oxygen atoms in total. The number of aliphatic hydroxyl groups excluding tert-OH is 1. The fourth-order valence-electron chi connectivity index (χ4n) is 7.33. The third-order valence-corrected chi connectivity index (χ3v) is 10.8. The quantitative estimate of drug-likeness (QED) is 0.0654. The van der Waals surface area contributed by atoms with Crippen molar-refractivity contribution in [2.45, 2.75) is 182 Å². The molecule has 2 heterocycles. The number of carbonyl (C=O) groups excluding carboxylic acids is 3. The lowest BCUT2D eigenvalue weighted by Crippen LogP contribution is -2.24. The lowest BCUT2D eigenvalue weighted by Gasteiger charge is -2.22. The number of nitrogens with zero attached hydrogens (tertiary/aromatic N) is 3. The Kier molecular flexibility index (Phi) is 21.7. The van der Waals surface area contributed by atoms with Crippen LogP contribution in [0.2, 0.25) is 0 Å². The highest BCUT2D eigenvalue weighted by atomic mass is 16.3. The number of allylic oxidation sites excluding steroid dienone is 4. The van der Waals surface area contributed by atoms with E-state index in [1.54, 1.807) is 30.5 Å². The van der Waals surface area contributed by atoms with Crippen molar-refractivity contribution < 1.29 is 19.5 Å². The van der Waals surface area contributed by atoms with Crippen molar-refractivity contribution in [3.8, 4) is 0 Å². The minimum Gasteiger partial charge on any atom is -0.506 e. The Morgan fingerprint density at radius 1 is 0.667 bits per heavy atom. The van der Waals surface area contributed by atoms with E-state index in [9.17, 15) is 19.5 Å². The van der Waals surface area contributed by atoms with Gasteiger partial charge in [0.2, 0.25) is 17.6 Å².